The number of nitrogens with zero attached hydrogens (tertiary/aromatic N) is 3. The fourth-order valence-electron chi connectivity index (χ4n) is 4.40. The number of pyridine rings is 1. The molecule has 1 fully saturated rings. The SMILES string of the molecule is CCCn1c(NCc2ccccc2)c(/C=C2/SC(=S)N(C(C)c3ccccc3)C2=O)c(C)c(C#N)c1=O. The quantitative estimate of drug-likeness (QED) is 0.285. The zero-order valence-electron chi connectivity index (χ0n) is 21.0. The molecule has 37 heavy (non-hydrogen) atoms. The van der Waals surface area contributed by atoms with E-state index in [9.17, 15) is 14.9 Å². The van der Waals surface area contributed by atoms with E-state index in [2.05, 4.69) is 11.4 Å². The zero-order valence-corrected chi connectivity index (χ0v) is 22.7. The Morgan fingerprint density at radius 1 is 1.11 bits per heavy atom. The molecule has 6 nitrogen and oxygen atoms in total. The Balaban J connectivity index is 1.80. The Bertz CT molecular complexity index is 1460. The van der Waals surface area contributed by atoms with Crippen molar-refractivity contribution in [2.75, 3.05) is 5.32 Å². The molecule has 2 aromatic carbocycles. The van der Waals surface area contributed by atoms with Gasteiger partial charge in [0.1, 0.15) is 21.8 Å². The van der Waals surface area contributed by atoms with Crippen molar-refractivity contribution in [3.63, 3.8) is 0 Å². The highest BCUT2D eigenvalue weighted by atomic mass is 32.2. The lowest BCUT2D eigenvalue weighted by Crippen LogP contribution is -2.31. The number of nitrogens with one attached hydrogen (secondary N) is 1. The average Bonchev–Trinajstić information content (AvgIpc) is 3.19. The van der Waals surface area contributed by atoms with Gasteiger partial charge in [-0.15, -0.1) is 0 Å². The number of carbonyl (C=O) groups is 1. The van der Waals surface area contributed by atoms with Crippen molar-refractivity contribution in [2.24, 2.45) is 0 Å². The van der Waals surface area contributed by atoms with E-state index in [0.29, 0.717) is 45.7 Å². The van der Waals surface area contributed by atoms with E-state index in [1.807, 2.05) is 74.5 Å². The maximum Gasteiger partial charge on any atom is 0.270 e. The van der Waals surface area contributed by atoms with Crippen molar-refractivity contribution in [1.29, 1.82) is 5.26 Å². The van der Waals surface area contributed by atoms with Crippen LogP contribution in [0.15, 0.2) is 70.4 Å². The number of aromatic nitrogens is 1. The number of amides is 1. The number of nitriles is 1. The van der Waals surface area contributed by atoms with Crippen LogP contribution < -0.4 is 10.9 Å². The van der Waals surface area contributed by atoms with Gasteiger partial charge in [0.05, 0.1) is 10.9 Å². The van der Waals surface area contributed by atoms with Gasteiger partial charge in [0.2, 0.25) is 0 Å². The molecule has 1 aliphatic heterocycles. The third-order valence-electron chi connectivity index (χ3n) is 6.39. The molecule has 1 atom stereocenters. The molecule has 0 aliphatic carbocycles. The smallest absolute Gasteiger partial charge is 0.270 e. The first-order chi connectivity index (χ1) is 17.9. The van der Waals surface area contributed by atoms with Gasteiger partial charge in [-0.25, -0.2) is 0 Å². The first kappa shape index (κ1) is 26.4. The molecular weight excluding hydrogens is 500 g/mol. The lowest BCUT2D eigenvalue weighted by Gasteiger charge is -2.23. The standard InChI is InChI=1S/C29H28N4O2S2/c1-4-15-32-26(31-18-21-11-7-5-8-12-21)23(19(2)24(17-30)27(32)34)16-25-28(35)33(29(36)37-25)20(3)22-13-9-6-10-14-22/h5-14,16,20,31H,4,15,18H2,1-3H3/b25-16+. The number of carbonyl (C=O) groups excluding carboxylic acids is 1. The number of hydrogen-bond donors (Lipinski definition) is 1. The Hall–Kier alpha value is -3.67. The van der Waals surface area contributed by atoms with E-state index < -0.39 is 0 Å². The van der Waals surface area contributed by atoms with Crippen molar-refractivity contribution >= 4 is 46.1 Å². The van der Waals surface area contributed by atoms with Crippen molar-refractivity contribution in [3.8, 4) is 6.07 Å². The number of anilines is 1. The van der Waals surface area contributed by atoms with E-state index >= 15 is 0 Å². The first-order valence-corrected chi connectivity index (χ1v) is 13.4. The van der Waals surface area contributed by atoms with E-state index in [0.717, 1.165) is 11.1 Å². The Kier molecular flexibility index (Phi) is 8.27. The summed E-state index contributed by atoms with van der Waals surface area (Å²) >= 11 is 6.85. The van der Waals surface area contributed by atoms with Gasteiger partial charge in [-0.3, -0.25) is 19.1 Å². The molecule has 0 saturated carbocycles. The molecule has 1 amide bonds. The molecule has 1 aliphatic rings. The summed E-state index contributed by atoms with van der Waals surface area (Å²) in [5.74, 6) is 0.403. The average molecular weight is 529 g/mol. The summed E-state index contributed by atoms with van der Waals surface area (Å²) in [4.78, 5) is 28.9. The molecule has 1 saturated heterocycles. The highest BCUT2D eigenvalue weighted by Crippen LogP contribution is 2.39. The lowest BCUT2D eigenvalue weighted by atomic mass is 10.0. The summed E-state index contributed by atoms with van der Waals surface area (Å²) in [5.41, 5.74) is 2.97. The van der Waals surface area contributed by atoms with Gasteiger partial charge in [-0.1, -0.05) is 91.6 Å². The summed E-state index contributed by atoms with van der Waals surface area (Å²) in [6.45, 7) is 6.62. The Labute approximate surface area is 226 Å². The van der Waals surface area contributed by atoms with Crippen LogP contribution in [0, 0.1) is 18.3 Å². The topological polar surface area (TPSA) is 78.1 Å². The fourth-order valence-corrected chi connectivity index (χ4v) is 5.80. The largest absolute Gasteiger partial charge is 0.367 e. The maximum atomic E-state index is 13.6. The second-order valence-corrected chi connectivity index (χ2v) is 10.5. The van der Waals surface area contributed by atoms with Crippen molar-refractivity contribution in [3.05, 3.63) is 104 Å². The van der Waals surface area contributed by atoms with Gasteiger partial charge in [-0.2, -0.15) is 5.26 Å². The minimum Gasteiger partial charge on any atom is -0.367 e. The highest BCUT2D eigenvalue weighted by Gasteiger charge is 2.36. The van der Waals surface area contributed by atoms with Crippen LogP contribution in [0.3, 0.4) is 0 Å². The summed E-state index contributed by atoms with van der Waals surface area (Å²) in [7, 11) is 0. The predicted molar refractivity (Wildman–Crippen MR) is 154 cm³/mol. The third-order valence-corrected chi connectivity index (χ3v) is 7.72. The van der Waals surface area contributed by atoms with Gasteiger partial charge in [0.15, 0.2) is 0 Å². The monoisotopic (exact) mass is 528 g/mol. The summed E-state index contributed by atoms with van der Waals surface area (Å²) in [6.07, 6.45) is 2.48. The van der Waals surface area contributed by atoms with Crippen LogP contribution in [-0.4, -0.2) is 19.7 Å². The van der Waals surface area contributed by atoms with Crippen LogP contribution in [0.1, 0.15) is 54.1 Å². The number of thiocarbonyl (C=S) groups is 1. The predicted octanol–water partition coefficient (Wildman–Crippen LogP) is 6.01. The first-order valence-electron chi connectivity index (χ1n) is 12.1. The van der Waals surface area contributed by atoms with E-state index in [1.165, 1.54) is 11.8 Å². The molecule has 0 spiro atoms. The van der Waals surface area contributed by atoms with Gasteiger partial charge in [0.25, 0.3) is 11.5 Å². The highest BCUT2D eigenvalue weighted by molar-refractivity contribution is 8.26. The molecular formula is C29H28N4O2S2. The Morgan fingerprint density at radius 2 is 1.76 bits per heavy atom. The minimum atomic E-state index is -0.334. The number of hydrogen-bond acceptors (Lipinski definition) is 6. The van der Waals surface area contributed by atoms with Crippen LogP contribution in [0.5, 0.6) is 0 Å². The fraction of sp³-hybridized carbons (Fsp3) is 0.241. The second kappa shape index (κ2) is 11.6. The molecule has 3 aromatic rings. The molecule has 1 unspecified atom stereocenters. The van der Waals surface area contributed by atoms with Crippen LogP contribution in [0.25, 0.3) is 6.08 Å². The summed E-state index contributed by atoms with van der Waals surface area (Å²) < 4.78 is 2.08. The van der Waals surface area contributed by atoms with E-state index in [4.69, 9.17) is 12.2 Å². The third kappa shape index (κ3) is 5.38. The van der Waals surface area contributed by atoms with Crippen molar-refractivity contribution in [2.45, 2.75) is 46.3 Å². The Morgan fingerprint density at radius 3 is 2.38 bits per heavy atom. The molecule has 2 heterocycles. The van der Waals surface area contributed by atoms with Crippen molar-refractivity contribution in [1.82, 2.24) is 9.47 Å². The number of thioether (sulfide) groups is 1. The zero-order chi connectivity index (χ0) is 26.5. The van der Waals surface area contributed by atoms with Crippen LogP contribution in [0.4, 0.5) is 5.82 Å². The molecule has 188 valence electrons. The van der Waals surface area contributed by atoms with Gasteiger partial charge in [-0.05, 0) is 43.0 Å². The maximum absolute atomic E-state index is 13.6. The van der Waals surface area contributed by atoms with E-state index in [1.54, 1.807) is 22.5 Å². The number of benzene rings is 2. The lowest BCUT2D eigenvalue weighted by molar-refractivity contribution is -0.123. The summed E-state index contributed by atoms with van der Waals surface area (Å²) in [6, 6.07) is 21.5. The second-order valence-electron chi connectivity index (χ2n) is 8.81. The van der Waals surface area contributed by atoms with Crippen molar-refractivity contribution < 1.29 is 4.79 Å². The van der Waals surface area contributed by atoms with Gasteiger partial charge in [0, 0.05) is 18.7 Å². The van der Waals surface area contributed by atoms with Crippen LogP contribution >= 0.6 is 24.0 Å². The van der Waals surface area contributed by atoms with Crippen LogP contribution in [-0.2, 0) is 17.9 Å². The molecule has 1 aromatic heterocycles. The number of rotatable bonds is 8. The molecule has 1 N–H and O–H groups in total. The molecule has 0 radical (unpaired) electrons. The molecule has 8 heteroatoms. The van der Waals surface area contributed by atoms with E-state index in [-0.39, 0.29) is 23.1 Å². The normalized spacial score (nSPS) is 15.2. The summed E-state index contributed by atoms with van der Waals surface area (Å²) in [5, 5.41) is 13.2. The molecule has 4 rings (SSSR count). The van der Waals surface area contributed by atoms with Crippen LogP contribution in [0.2, 0.25) is 0 Å². The molecule has 0 bridgehead atoms. The van der Waals surface area contributed by atoms with Gasteiger partial charge < -0.3 is 5.32 Å². The van der Waals surface area contributed by atoms with Gasteiger partial charge >= 0.3 is 0 Å². The minimum absolute atomic E-state index is 0.0816.